The quantitative estimate of drug-likeness (QED) is 0.779. The van der Waals surface area contributed by atoms with Crippen LogP contribution in [0, 0.1) is 17.8 Å². The molecule has 0 bridgehead atoms. The van der Waals surface area contributed by atoms with Crippen LogP contribution in [-0.2, 0) is 18.9 Å². The molecule has 0 radical (unpaired) electrons. The van der Waals surface area contributed by atoms with Crippen molar-refractivity contribution in [2.45, 2.75) is 24.7 Å². The maximum Gasteiger partial charge on any atom is 0.175 e. The van der Waals surface area contributed by atoms with Crippen LogP contribution in [0.15, 0.2) is 11.8 Å². The van der Waals surface area contributed by atoms with Gasteiger partial charge in [-0.2, -0.15) is 11.8 Å². The molecule has 0 spiro atoms. The average Bonchev–Trinajstić information content (AvgIpc) is 2.83. The minimum Gasteiger partial charge on any atom is -0.501 e. The summed E-state index contributed by atoms with van der Waals surface area (Å²) in [5, 5.41) is 0. The molecule has 3 aliphatic rings. The van der Waals surface area contributed by atoms with Crippen LogP contribution in [0.2, 0.25) is 0 Å². The normalized spacial score (nSPS) is 42.0. The molecule has 4 atom stereocenters. The van der Waals surface area contributed by atoms with Crippen LogP contribution in [0.4, 0.5) is 0 Å². The number of fused-ring (bicyclic) bond motifs is 1. The number of hydrogen-bond acceptors (Lipinski definition) is 5. The van der Waals surface area contributed by atoms with Gasteiger partial charge in [-0.1, -0.05) is 0 Å². The van der Waals surface area contributed by atoms with E-state index in [0.29, 0.717) is 25.0 Å². The number of thioether (sulfide) groups is 1. The lowest BCUT2D eigenvalue weighted by molar-refractivity contribution is -0.183. The Hall–Kier alpha value is -0.230. The van der Waals surface area contributed by atoms with Gasteiger partial charge < -0.3 is 18.9 Å². The van der Waals surface area contributed by atoms with Crippen LogP contribution >= 0.6 is 11.8 Å². The van der Waals surface area contributed by atoms with Crippen molar-refractivity contribution in [2.24, 2.45) is 17.8 Å². The van der Waals surface area contributed by atoms with E-state index in [2.05, 4.69) is 12.3 Å². The molecule has 1 saturated heterocycles. The molecule has 0 N–H and O–H groups in total. The molecule has 0 amide bonds. The van der Waals surface area contributed by atoms with E-state index in [4.69, 9.17) is 18.9 Å². The second-order valence-corrected chi connectivity index (χ2v) is 6.86. The third-order valence-corrected chi connectivity index (χ3v) is 5.91. The number of methoxy groups -OCH3 is 2. The van der Waals surface area contributed by atoms with Crippen LogP contribution < -0.4 is 0 Å². The Bertz CT molecular complexity index is 405. The average molecular weight is 300 g/mol. The molecule has 2 aliphatic carbocycles. The fraction of sp³-hybridized carbons (Fsp3) is 0.867. The third kappa shape index (κ3) is 2.02. The first-order valence-electron chi connectivity index (χ1n) is 7.19. The highest BCUT2D eigenvalue weighted by atomic mass is 32.2. The first kappa shape index (κ1) is 14.7. The van der Waals surface area contributed by atoms with Gasteiger partial charge >= 0.3 is 0 Å². The lowest BCUT2D eigenvalue weighted by Gasteiger charge is -2.34. The zero-order chi connectivity index (χ0) is 14.4. The summed E-state index contributed by atoms with van der Waals surface area (Å²) in [7, 11) is 3.57. The minimum atomic E-state index is -0.547. The van der Waals surface area contributed by atoms with Gasteiger partial charge in [-0.3, -0.25) is 0 Å². The fourth-order valence-corrected chi connectivity index (χ4v) is 4.95. The SMILES string of the molecule is COC1=C[C@@H]2[C@H](C[C@@H]1C1(C)OCCO1)[C@]2(CSC)OC. The molecule has 1 saturated carbocycles. The van der Waals surface area contributed by atoms with Crippen molar-refractivity contribution in [3.8, 4) is 0 Å². The van der Waals surface area contributed by atoms with Gasteiger partial charge in [0.2, 0.25) is 0 Å². The van der Waals surface area contributed by atoms with E-state index in [1.807, 2.05) is 25.8 Å². The van der Waals surface area contributed by atoms with E-state index >= 15 is 0 Å². The topological polar surface area (TPSA) is 36.9 Å². The van der Waals surface area contributed by atoms with Crippen molar-refractivity contribution in [1.29, 1.82) is 0 Å². The first-order valence-corrected chi connectivity index (χ1v) is 8.58. The summed E-state index contributed by atoms with van der Waals surface area (Å²) in [6.45, 7) is 3.36. The van der Waals surface area contributed by atoms with E-state index in [-0.39, 0.29) is 11.5 Å². The largest absolute Gasteiger partial charge is 0.501 e. The predicted octanol–water partition coefficient (Wildman–Crippen LogP) is 2.29. The Kier molecular flexibility index (Phi) is 3.82. The summed E-state index contributed by atoms with van der Waals surface area (Å²) in [4.78, 5) is 0. The first-order chi connectivity index (χ1) is 9.61. The summed E-state index contributed by atoms with van der Waals surface area (Å²) >= 11 is 1.85. The van der Waals surface area contributed by atoms with Crippen molar-refractivity contribution in [1.82, 2.24) is 0 Å². The second-order valence-electron chi connectivity index (χ2n) is 6.00. The maximum absolute atomic E-state index is 5.87. The highest BCUT2D eigenvalue weighted by Gasteiger charge is 2.67. The van der Waals surface area contributed by atoms with Gasteiger partial charge in [0, 0.05) is 18.8 Å². The molecule has 0 aromatic carbocycles. The summed E-state index contributed by atoms with van der Waals surface area (Å²) in [5.41, 5.74) is -0.0209. The predicted molar refractivity (Wildman–Crippen MR) is 78.6 cm³/mol. The van der Waals surface area contributed by atoms with Gasteiger partial charge in [-0.15, -0.1) is 0 Å². The van der Waals surface area contributed by atoms with Crippen LogP contribution in [0.25, 0.3) is 0 Å². The maximum atomic E-state index is 5.87. The van der Waals surface area contributed by atoms with Gasteiger partial charge in [0.25, 0.3) is 0 Å². The molecule has 20 heavy (non-hydrogen) atoms. The van der Waals surface area contributed by atoms with Crippen LogP contribution in [0.3, 0.4) is 0 Å². The Morgan fingerprint density at radius 1 is 1.35 bits per heavy atom. The van der Waals surface area contributed by atoms with E-state index in [1.165, 1.54) is 0 Å². The number of rotatable bonds is 5. The van der Waals surface area contributed by atoms with Crippen molar-refractivity contribution < 1.29 is 18.9 Å². The van der Waals surface area contributed by atoms with E-state index in [1.54, 1.807) is 7.11 Å². The summed E-state index contributed by atoms with van der Waals surface area (Å²) < 4.78 is 23.2. The van der Waals surface area contributed by atoms with Crippen molar-refractivity contribution in [3.63, 3.8) is 0 Å². The fourth-order valence-electron chi connectivity index (χ4n) is 3.98. The van der Waals surface area contributed by atoms with Gasteiger partial charge in [-0.05, 0) is 31.6 Å². The Morgan fingerprint density at radius 2 is 2.05 bits per heavy atom. The van der Waals surface area contributed by atoms with Gasteiger partial charge in [0.05, 0.1) is 31.8 Å². The molecular weight excluding hydrogens is 276 g/mol. The molecule has 5 heteroatoms. The van der Waals surface area contributed by atoms with Gasteiger partial charge in [0.15, 0.2) is 5.79 Å². The number of ether oxygens (including phenoxy) is 4. The molecule has 0 aromatic heterocycles. The number of hydrogen-bond donors (Lipinski definition) is 0. The molecule has 1 aliphatic heterocycles. The third-order valence-electron chi connectivity index (χ3n) is 5.17. The summed E-state index contributed by atoms with van der Waals surface area (Å²) in [6, 6.07) is 0. The standard InChI is InChI=1S/C15H24O4S/c1-14(18-5-6-19-14)12-7-10-11(8-13(12)16-2)15(10,17-3)9-20-4/h8,10-12H,5-7,9H2,1-4H3/t10-,11+,12-,15-/m0/s1. The highest BCUT2D eigenvalue weighted by molar-refractivity contribution is 7.98. The van der Waals surface area contributed by atoms with Crippen molar-refractivity contribution >= 4 is 11.8 Å². The second kappa shape index (κ2) is 5.20. The zero-order valence-corrected chi connectivity index (χ0v) is 13.5. The van der Waals surface area contributed by atoms with Crippen LogP contribution in [0.1, 0.15) is 13.3 Å². The summed E-state index contributed by atoms with van der Waals surface area (Å²) in [6.07, 6.45) is 5.39. The van der Waals surface area contributed by atoms with Crippen LogP contribution in [-0.4, -0.2) is 50.8 Å². The van der Waals surface area contributed by atoms with Crippen LogP contribution in [0.5, 0.6) is 0 Å². The highest BCUT2D eigenvalue weighted by Crippen LogP contribution is 2.63. The summed E-state index contributed by atoms with van der Waals surface area (Å²) in [5.74, 6) is 2.65. The van der Waals surface area contributed by atoms with Crippen molar-refractivity contribution in [2.75, 3.05) is 39.4 Å². The monoisotopic (exact) mass is 300 g/mol. The van der Waals surface area contributed by atoms with E-state index in [9.17, 15) is 0 Å². The molecular formula is C15H24O4S. The van der Waals surface area contributed by atoms with Crippen molar-refractivity contribution in [3.05, 3.63) is 11.8 Å². The van der Waals surface area contributed by atoms with Gasteiger partial charge in [-0.25, -0.2) is 0 Å². The molecule has 0 aromatic rings. The van der Waals surface area contributed by atoms with E-state index in [0.717, 1.165) is 17.9 Å². The zero-order valence-electron chi connectivity index (χ0n) is 12.7. The lowest BCUT2D eigenvalue weighted by Crippen LogP contribution is -2.39. The smallest absolute Gasteiger partial charge is 0.175 e. The Labute approximate surface area is 125 Å². The molecule has 2 fully saturated rings. The molecule has 114 valence electrons. The molecule has 3 rings (SSSR count). The Balaban J connectivity index is 1.84. The lowest BCUT2D eigenvalue weighted by atomic mass is 9.87. The van der Waals surface area contributed by atoms with Gasteiger partial charge in [0.1, 0.15) is 5.76 Å². The minimum absolute atomic E-state index is 0.0209. The Morgan fingerprint density at radius 3 is 2.60 bits per heavy atom. The van der Waals surface area contributed by atoms with E-state index < -0.39 is 5.79 Å². The molecule has 4 nitrogen and oxygen atoms in total. The molecule has 0 unspecified atom stereocenters. The molecule has 1 heterocycles.